The fourth-order valence-corrected chi connectivity index (χ4v) is 1.70. The molecule has 0 aliphatic rings. The summed E-state index contributed by atoms with van der Waals surface area (Å²) in [5.41, 5.74) is 1.19. The van der Waals surface area contributed by atoms with E-state index in [-0.39, 0.29) is 0 Å². The van der Waals surface area contributed by atoms with Crippen LogP contribution in [0.2, 0.25) is 0 Å². The van der Waals surface area contributed by atoms with Crippen molar-refractivity contribution in [3.8, 4) is 5.75 Å². The number of benzene rings is 1. The second kappa shape index (κ2) is 6.93. The molecule has 0 saturated heterocycles. The predicted octanol–water partition coefficient (Wildman–Crippen LogP) is 4.01. The number of hydrogen-bond donors (Lipinski definition) is 1. The van der Waals surface area contributed by atoms with E-state index in [0.29, 0.717) is 12.3 Å². The van der Waals surface area contributed by atoms with Gasteiger partial charge in [0, 0.05) is 18.1 Å². The molecule has 0 bridgehead atoms. The van der Waals surface area contributed by atoms with Crippen molar-refractivity contribution in [2.24, 2.45) is 0 Å². The summed E-state index contributed by atoms with van der Waals surface area (Å²) in [6.45, 7) is 5.94. The van der Waals surface area contributed by atoms with Crippen LogP contribution < -0.4 is 10.1 Å². The SMILES string of the molecule is CC(C)(C)OC(=O)Nc1ccc(OCc2ccncc2)cc1. The third-order valence-corrected chi connectivity index (χ3v) is 2.65. The summed E-state index contributed by atoms with van der Waals surface area (Å²) in [6.07, 6.45) is 2.98. The summed E-state index contributed by atoms with van der Waals surface area (Å²) < 4.78 is 10.9. The van der Waals surface area contributed by atoms with Gasteiger partial charge in [-0.15, -0.1) is 0 Å². The van der Waals surface area contributed by atoms with E-state index in [9.17, 15) is 4.79 Å². The van der Waals surface area contributed by atoms with E-state index in [1.807, 2.05) is 32.9 Å². The number of anilines is 1. The third-order valence-electron chi connectivity index (χ3n) is 2.65. The van der Waals surface area contributed by atoms with E-state index in [2.05, 4.69) is 10.3 Å². The predicted molar refractivity (Wildman–Crippen MR) is 84.9 cm³/mol. The molecule has 1 amide bonds. The molecule has 5 nitrogen and oxygen atoms in total. The van der Waals surface area contributed by atoms with E-state index in [1.165, 1.54) is 0 Å². The molecule has 1 N–H and O–H groups in total. The van der Waals surface area contributed by atoms with Crippen LogP contribution in [0.15, 0.2) is 48.8 Å². The van der Waals surface area contributed by atoms with Crippen LogP contribution >= 0.6 is 0 Å². The standard InChI is InChI=1S/C17H20N2O3/c1-17(2,3)22-16(20)19-14-4-6-15(7-5-14)21-12-13-8-10-18-11-9-13/h4-11H,12H2,1-3H3,(H,19,20). The summed E-state index contributed by atoms with van der Waals surface area (Å²) in [4.78, 5) is 15.6. The Hall–Kier alpha value is -2.56. The summed E-state index contributed by atoms with van der Waals surface area (Å²) in [6, 6.07) is 10.9. The number of amides is 1. The lowest BCUT2D eigenvalue weighted by Gasteiger charge is -2.19. The topological polar surface area (TPSA) is 60.5 Å². The Morgan fingerprint density at radius 2 is 1.73 bits per heavy atom. The van der Waals surface area contributed by atoms with Gasteiger partial charge in [0.2, 0.25) is 0 Å². The van der Waals surface area contributed by atoms with Crippen LogP contribution in [0.1, 0.15) is 26.3 Å². The highest BCUT2D eigenvalue weighted by Crippen LogP contribution is 2.18. The van der Waals surface area contributed by atoms with Crippen molar-refractivity contribution in [1.82, 2.24) is 4.98 Å². The monoisotopic (exact) mass is 300 g/mol. The number of carbonyl (C=O) groups excluding carboxylic acids is 1. The molecule has 22 heavy (non-hydrogen) atoms. The van der Waals surface area contributed by atoms with Gasteiger partial charge in [-0.25, -0.2) is 4.79 Å². The molecule has 0 spiro atoms. The Balaban J connectivity index is 1.86. The van der Waals surface area contributed by atoms with E-state index in [0.717, 1.165) is 11.3 Å². The first-order chi connectivity index (χ1) is 10.4. The maximum absolute atomic E-state index is 11.7. The highest BCUT2D eigenvalue weighted by molar-refractivity contribution is 5.84. The molecule has 0 unspecified atom stereocenters. The van der Waals surface area contributed by atoms with E-state index >= 15 is 0 Å². The summed E-state index contributed by atoms with van der Waals surface area (Å²) in [5, 5.41) is 2.67. The Labute approximate surface area is 130 Å². The molecule has 0 radical (unpaired) electrons. The normalized spacial score (nSPS) is 10.9. The number of pyridine rings is 1. The summed E-state index contributed by atoms with van der Waals surface area (Å²) in [5.74, 6) is 0.728. The van der Waals surface area contributed by atoms with Gasteiger partial charge in [0.25, 0.3) is 0 Å². The zero-order chi connectivity index (χ0) is 16.0. The molecule has 0 fully saturated rings. The van der Waals surface area contributed by atoms with Crippen LogP contribution in [0.25, 0.3) is 0 Å². The van der Waals surface area contributed by atoms with Crippen molar-refractivity contribution in [3.05, 3.63) is 54.4 Å². The minimum absolute atomic E-state index is 0.474. The van der Waals surface area contributed by atoms with Gasteiger partial charge in [-0.1, -0.05) is 0 Å². The van der Waals surface area contributed by atoms with Gasteiger partial charge < -0.3 is 9.47 Å². The largest absolute Gasteiger partial charge is 0.489 e. The fraction of sp³-hybridized carbons (Fsp3) is 0.294. The number of aromatic nitrogens is 1. The van der Waals surface area contributed by atoms with Crippen LogP contribution in [-0.2, 0) is 11.3 Å². The molecule has 0 saturated carbocycles. The van der Waals surface area contributed by atoms with Crippen LogP contribution in [0.5, 0.6) is 5.75 Å². The lowest BCUT2D eigenvalue weighted by atomic mass is 10.2. The zero-order valence-corrected chi connectivity index (χ0v) is 13.0. The van der Waals surface area contributed by atoms with E-state index < -0.39 is 11.7 Å². The van der Waals surface area contributed by atoms with Gasteiger partial charge in [0.1, 0.15) is 18.0 Å². The number of nitrogens with zero attached hydrogens (tertiary/aromatic N) is 1. The van der Waals surface area contributed by atoms with Crippen molar-refractivity contribution in [2.45, 2.75) is 33.0 Å². The van der Waals surface area contributed by atoms with Gasteiger partial charge in [-0.2, -0.15) is 0 Å². The molecule has 0 aliphatic heterocycles. The first-order valence-corrected chi connectivity index (χ1v) is 7.04. The molecule has 1 aromatic heterocycles. The van der Waals surface area contributed by atoms with Crippen molar-refractivity contribution >= 4 is 11.8 Å². The highest BCUT2D eigenvalue weighted by Gasteiger charge is 2.16. The number of rotatable bonds is 4. The Kier molecular flexibility index (Phi) is 4.99. The lowest BCUT2D eigenvalue weighted by molar-refractivity contribution is 0.0636. The quantitative estimate of drug-likeness (QED) is 0.927. The molecule has 2 rings (SSSR count). The molecule has 0 aliphatic carbocycles. The van der Waals surface area contributed by atoms with E-state index in [1.54, 1.807) is 36.7 Å². The van der Waals surface area contributed by atoms with Crippen molar-refractivity contribution in [1.29, 1.82) is 0 Å². The molecule has 116 valence electrons. The molecule has 0 atom stereocenters. The summed E-state index contributed by atoms with van der Waals surface area (Å²) in [7, 11) is 0. The average molecular weight is 300 g/mol. The maximum Gasteiger partial charge on any atom is 0.412 e. The molecular weight excluding hydrogens is 280 g/mol. The smallest absolute Gasteiger partial charge is 0.412 e. The number of nitrogens with one attached hydrogen (secondary N) is 1. The second-order valence-electron chi connectivity index (χ2n) is 5.80. The third kappa shape index (κ3) is 5.44. The Morgan fingerprint density at radius 1 is 1.09 bits per heavy atom. The Morgan fingerprint density at radius 3 is 2.32 bits per heavy atom. The molecule has 1 aromatic carbocycles. The van der Waals surface area contributed by atoms with Gasteiger partial charge in [0.05, 0.1) is 0 Å². The first-order valence-electron chi connectivity index (χ1n) is 7.04. The fourth-order valence-electron chi connectivity index (χ4n) is 1.70. The minimum atomic E-state index is -0.516. The van der Waals surface area contributed by atoms with Crippen LogP contribution in [-0.4, -0.2) is 16.7 Å². The second-order valence-corrected chi connectivity index (χ2v) is 5.80. The van der Waals surface area contributed by atoms with Gasteiger partial charge >= 0.3 is 6.09 Å². The molecule has 2 aromatic rings. The number of carbonyl (C=O) groups is 1. The van der Waals surface area contributed by atoms with Crippen LogP contribution in [0, 0.1) is 0 Å². The zero-order valence-electron chi connectivity index (χ0n) is 13.0. The highest BCUT2D eigenvalue weighted by atomic mass is 16.6. The minimum Gasteiger partial charge on any atom is -0.489 e. The first kappa shape index (κ1) is 15.8. The Bertz CT molecular complexity index is 604. The summed E-state index contributed by atoms with van der Waals surface area (Å²) >= 11 is 0. The van der Waals surface area contributed by atoms with Gasteiger partial charge in [-0.05, 0) is 62.7 Å². The average Bonchev–Trinajstić information content (AvgIpc) is 2.45. The molecule has 5 heteroatoms. The van der Waals surface area contributed by atoms with Crippen molar-refractivity contribution < 1.29 is 14.3 Å². The number of hydrogen-bond acceptors (Lipinski definition) is 4. The number of ether oxygens (including phenoxy) is 2. The van der Waals surface area contributed by atoms with E-state index in [4.69, 9.17) is 9.47 Å². The van der Waals surface area contributed by atoms with Crippen molar-refractivity contribution in [2.75, 3.05) is 5.32 Å². The maximum atomic E-state index is 11.7. The molecular formula is C17H20N2O3. The van der Waals surface area contributed by atoms with Gasteiger partial charge in [0.15, 0.2) is 0 Å². The van der Waals surface area contributed by atoms with Crippen LogP contribution in [0.4, 0.5) is 10.5 Å². The lowest BCUT2D eigenvalue weighted by Crippen LogP contribution is -2.27. The molecule has 1 heterocycles. The van der Waals surface area contributed by atoms with Gasteiger partial charge in [-0.3, -0.25) is 10.3 Å². The van der Waals surface area contributed by atoms with Crippen LogP contribution in [0.3, 0.4) is 0 Å². The van der Waals surface area contributed by atoms with Crippen molar-refractivity contribution in [3.63, 3.8) is 0 Å².